The van der Waals surface area contributed by atoms with Gasteiger partial charge in [-0.2, -0.15) is 0 Å². The molecule has 0 fully saturated rings. The van der Waals surface area contributed by atoms with Crippen LogP contribution in [-0.4, -0.2) is 11.5 Å². The Morgan fingerprint density at radius 2 is 1.79 bits per heavy atom. The summed E-state index contributed by atoms with van der Waals surface area (Å²) < 4.78 is 0. The molecule has 0 aromatic heterocycles. The number of hydrogen-bond acceptors (Lipinski definition) is 2. The minimum absolute atomic E-state index is 0.450. The van der Waals surface area contributed by atoms with Crippen molar-refractivity contribution in [2.45, 2.75) is 12.8 Å². The van der Waals surface area contributed by atoms with Crippen molar-refractivity contribution < 1.29 is 0 Å². The molecule has 19 heavy (non-hydrogen) atoms. The summed E-state index contributed by atoms with van der Waals surface area (Å²) in [7, 11) is 0. The van der Waals surface area contributed by atoms with Crippen LogP contribution in [0.5, 0.6) is 0 Å². The molecule has 3 heteroatoms. The van der Waals surface area contributed by atoms with Crippen molar-refractivity contribution >= 4 is 28.6 Å². The quantitative estimate of drug-likeness (QED) is 0.846. The van der Waals surface area contributed by atoms with Crippen molar-refractivity contribution in [3.05, 3.63) is 59.7 Å². The summed E-state index contributed by atoms with van der Waals surface area (Å²) in [6.07, 6.45) is 2.35. The van der Waals surface area contributed by atoms with Crippen LogP contribution in [0.2, 0.25) is 0 Å². The van der Waals surface area contributed by atoms with Crippen molar-refractivity contribution in [1.82, 2.24) is 0 Å². The van der Waals surface area contributed by atoms with E-state index in [4.69, 9.17) is 18.0 Å². The molecule has 96 valence electrons. The van der Waals surface area contributed by atoms with Gasteiger partial charge in [-0.15, -0.1) is 0 Å². The van der Waals surface area contributed by atoms with Crippen LogP contribution in [0, 0.1) is 0 Å². The van der Waals surface area contributed by atoms with E-state index in [-0.39, 0.29) is 0 Å². The topological polar surface area (TPSA) is 29.3 Å². The predicted octanol–water partition coefficient (Wildman–Crippen LogP) is 3.41. The molecule has 3 rings (SSSR count). The van der Waals surface area contributed by atoms with Crippen molar-refractivity contribution in [2.75, 3.05) is 11.4 Å². The summed E-state index contributed by atoms with van der Waals surface area (Å²) in [6.45, 7) is 1.06. The lowest BCUT2D eigenvalue weighted by Gasteiger charge is -2.31. The van der Waals surface area contributed by atoms with Crippen molar-refractivity contribution in [3.63, 3.8) is 0 Å². The van der Waals surface area contributed by atoms with Crippen LogP contribution >= 0.6 is 12.2 Å². The van der Waals surface area contributed by atoms with Gasteiger partial charge in [-0.05, 0) is 48.7 Å². The molecule has 1 aliphatic rings. The highest BCUT2D eigenvalue weighted by Crippen LogP contribution is 2.33. The zero-order chi connectivity index (χ0) is 13.2. The predicted molar refractivity (Wildman–Crippen MR) is 84.1 cm³/mol. The molecule has 0 saturated heterocycles. The number of aryl methyl sites for hydroxylation is 1. The molecule has 2 nitrogen and oxygen atoms in total. The van der Waals surface area contributed by atoms with Gasteiger partial charge in [0.25, 0.3) is 0 Å². The first kappa shape index (κ1) is 12.2. The lowest BCUT2D eigenvalue weighted by Crippen LogP contribution is -2.24. The minimum Gasteiger partial charge on any atom is -0.389 e. The zero-order valence-corrected chi connectivity index (χ0v) is 11.5. The lowest BCUT2D eigenvalue weighted by atomic mass is 10.0. The van der Waals surface area contributed by atoms with Gasteiger partial charge in [-0.25, -0.2) is 0 Å². The number of hydrogen-bond donors (Lipinski definition) is 1. The maximum Gasteiger partial charge on any atom is 0.103 e. The van der Waals surface area contributed by atoms with Gasteiger partial charge in [-0.1, -0.05) is 30.4 Å². The van der Waals surface area contributed by atoms with E-state index in [0.29, 0.717) is 4.99 Å². The average Bonchev–Trinajstić information content (AvgIpc) is 2.47. The van der Waals surface area contributed by atoms with Crippen LogP contribution in [0.3, 0.4) is 0 Å². The van der Waals surface area contributed by atoms with Gasteiger partial charge in [0, 0.05) is 23.5 Å². The number of para-hydroxylation sites is 1. The molecule has 0 atom stereocenters. The highest BCUT2D eigenvalue weighted by Gasteiger charge is 2.17. The summed E-state index contributed by atoms with van der Waals surface area (Å²) in [5, 5.41) is 0. The summed E-state index contributed by atoms with van der Waals surface area (Å²) in [4.78, 5) is 2.81. The molecule has 2 aromatic carbocycles. The molecule has 1 heterocycles. The summed E-state index contributed by atoms with van der Waals surface area (Å²) in [5.74, 6) is 0. The van der Waals surface area contributed by atoms with Crippen LogP contribution in [-0.2, 0) is 6.42 Å². The fourth-order valence-corrected chi connectivity index (χ4v) is 2.74. The number of fused-ring (bicyclic) bond motifs is 1. The standard InChI is InChI=1S/C16H16N2S/c17-16(19)13-7-9-14(10-8-13)18-11-3-5-12-4-1-2-6-15(12)18/h1-2,4,6-10H,3,5,11H2,(H2,17,19). The van der Waals surface area contributed by atoms with Gasteiger partial charge in [0.2, 0.25) is 0 Å². The van der Waals surface area contributed by atoms with E-state index >= 15 is 0 Å². The maximum atomic E-state index is 5.64. The van der Waals surface area contributed by atoms with E-state index in [1.54, 1.807) is 0 Å². The Hall–Kier alpha value is -1.87. The Kier molecular flexibility index (Phi) is 3.22. The third kappa shape index (κ3) is 2.34. The molecular formula is C16H16N2S. The SMILES string of the molecule is NC(=S)c1ccc(N2CCCc3ccccc32)cc1. The van der Waals surface area contributed by atoms with Gasteiger partial charge >= 0.3 is 0 Å². The molecule has 0 spiro atoms. The first-order valence-electron chi connectivity index (χ1n) is 6.51. The second-order valence-corrected chi connectivity index (χ2v) is 5.23. The Labute approximate surface area is 118 Å². The third-order valence-electron chi connectivity index (χ3n) is 3.57. The van der Waals surface area contributed by atoms with E-state index in [1.165, 1.54) is 23.4 Å². The monoisotopic (exact) mass is 268 g/mol. The van der Waals surface area contributed by atoms with Crippen molar-refractivity contribution in [3.8, 4) is 0 Å². The van der Waals surface area contributed by atoms with E-state index in [2.05, 4.69) is 41.3 Å². The van der Waals surface area contributed by atoms with Crippen LogP contribution in [0.4, 0.5) is 11.4 Å². The number of nitrogens with zero attached hydrogens (tertiary/aromatic N) is 1. The Morgan fingerprint density at radius 1 is 1.05 bits per heavy atom. The normalized spacial score (nSPS) is 14.0. The zero-order valence-electron chi connectivity index (χ0n) is 10.7. The lowest BCUT2D eigenvalue weighted by molar-refractivity contribution is 0.767. The van der Waals surface area contributed by atoms with Crippen LogP contribution in [0.1, 0.15) is 17.5 Å². The molecule has 2 aromatic rings. The van der Waals surface area contributed by atoms with E-state index in [9.17, 15) is 0 Å². The minimum atomic E-state index is 0.450. The van der Waals surface area contributed by atoms with Gasteiger partial charge in [0.1, 0.15) is 4.99 Å². The Morgan fingerprint density at radius 3 is 2.53 bits per heavy atom. The Balaban J connectivity index is 1.97. The van der Waals surface area contributed by atoms with Crippen molar-refractivity contribution in [1.29, 1.82) is 0 Å². The number of rotatable bonds is 2. The van der Waals surface area contributed by atoms with Crippen LogP contribution < -0.4 is 10.6 Å². The smallest absolute Gasteiger partial charge is 0.103 e. The fraction of sp³-hybridized carbons (Fsp3) is 0.188. The van der Waals surface area contributed by atoms with Crippen molar-refractivity contribution in [2.24, 2.45) is 5.73 Å². The van der Waals surface area contributed by atoms with E-state index in [1.807, 2.05) is 12.1 Å². The maximum absolute atomic E-state index is 5.64. The Bertz CT molecular complexity index is 604. The average molecular weight is 268 g/mol. The van der Waals surface area contributed by atoms with Gasteiger partial charge in [-0.3, -0.25) is 0 Å². The largest absolute Gasteiger partial charge is 0.389 e. The fourth-order valence-electron chi connectivity index (χ4n) is 2.61. The molecule has 0 amide bonds. The molecule has 1 aliphatic heterocycles. The first-order chi connectivity index (χ1) is 9.25. The summed E-state index contributed by atoms with van der Waals surface area (Å²) in [5.41, 5.74) is 10.5. The van der Waals surface area contributed by atoms with Gasteiger partial charge in [0.05, 0.1) is 0 Å². The van der Waals surface area contributed by atoms with E-state index in [0.717, 1.165) is 18.5 Å². The second kappa shape index (κ2) is 5.02. The van der Waals surface area contributed by atoms with Gasteiger partial charge in [0.15, 0.2) is 0 Å². The van der Waals surface area contributed by atoms with E-state index < -0.39 is 0 Å². The van der Waals surface area contributed by atoms with Gasteiger partial charge < -0.3 is 10.6 Å². The molecule has 0 saturated carbocycles. The highest BCUT2D eigenvalue weighted by atomic mass is 32.1. The van der Waals surface area contributed by atoms with Crippen LogP contribution in [0.25, 0.3) is 0 Å². The molecule has 2 N–H and O–H groups in total. The number of anilines is 2. The summed E-state index contributed by atoms with van der Waals surface area (Å²) >= 11 is 4.99. The second-order valence-electron chi connectivity index (χ2n) is 4.80. The third-order valence-corrected chi connectivity index (χ3v) is 3.81. The molecular weight excluding hydrogens is 252 g/mol. The molecule has 0 unspecified atom stereocenters. The number of nitrogens with two attached hydrogens (primary N) is 1. The highest BCUT2D eigenvalue weighted by molar-refractivity contribution is 7.80. The summed E-state index contributed by atoms with van der Waals surface area (Å²) in [6, 6.07) is 16.8. The first-order valence-corrected chi connectivity index (χ1v) is 6.92. The number of benzene rings is 2. The molecule has 0 radical (unpaired) electrons. The molecule has 0 bridgehead atoms. The van der Waals surface area contributed by atoms with Crippen LogP contribution in [0.15, 0.2) is 48.5 Å². The molecule has 0 aliphatic carbocycles. The number of thiocarbonyl (C=S) groups is 1.